The lowest BCUT2D eigenvalue weighted by Gasteiger charge is -2.25. The molecule has 1 unspecified atom stereocenters. The van der Waals surface area contributed by atoms with E-state index in [1.54, 1.807) is 26.0 Å². The van der Waals surface area contributed by atoms with Gasteiger partial charge in [-0.1, -0.05) is 17.7 Å². The van der Waals surface area contributed by atoms with Gasteiger partial charge in [-0.15, -0.1) is 0 Å². The number of anilines is 3. The molecule has 2 aromatic rings. The maximum Gasteiger partial charge on any atom is 0.260 e. The summed E-state index contributed by atoms with van der Waals surface area (Å²) in [5.41, 5.74) is 0.451. The van der Waals surface area contributed by atoms with E-state index in [1.165, 1.54) is 23.1 Å². The van der Waals surface area contributed by atoms with E-state index in [2.05, 4.69) is 5.32 Å². The summed E-state index contributed by atoms with van der Waals surface area (Å²) in [5, 5.41) is 54.4. The van der Waals surface area contributed by atoms with Crippen molar-refractivity contribution in [3.63, 3.8) is 0 Å². The van der Waals surface area contributed by atoms with Crippen molar-refractivity contribution in [1.82, 2.24) is 0 Å². The summed E-state index contributed by atoms with van der Waals surface area (Å²) in [5.74, 6) is -0.932. The molecular formula is C28H38N2O6. The van der Waals surface area contributed by atoms with Gasteiger partial charge in [0.05, 0.1) is 28.1 Å². The van der Waals surface area contributed by atoms with Crippen LogP contribution in [-0.4, -0.2) is 49.2 Å². The number of carbonyl (C=O) groups is 1. The van der Waals surface area contributed by atoms with Crippen molar-refractivity contribution >= 4 is 23.0 Å². The van der Waals surface area contributed by atoms with Gasteiger partial charge in [0.2, 0.25) is 0 Å². The molecule has 3 rings (SSSR count). The molecule has 8 nitrogen and oxygen atoms in total. The Hall–Kier alpha value is -3.23. The second kappa shape index (κ2) is 10.8. The quantitative estimate of drug-likeness (QED) is 0.148. The fourth-order valence-electron chi connectivity index (χ4n) is 4.47. The van der Waals surface area contributed by atoms with Gasteiger partial charge in [-0.05, 0) is 78.4 Å². The molecule has 1 aliphatic rings. The molecule has 2 aromatic carbocycles. The molecule has 0 radical (unpaired) electrons. The van der Waals surface area contributed by atoms with Gasteiger partial charge in [0.25, 0.3) is 5.91 Å². The number of nitrogens with one attached hydrogen (secondary N) is 1. The third-order valence-electron chi connectivity index (χ3n) is 6.55. The van der Waals surface area contributed by atoms with Gasteiger partial charge in [-0.3, -0.25) is 4.79 Å². The number of aliphatic hydroxyl groups is 2. The van der Waals surface area contributed by atoms with E-state index in [9.17, 15) is 30.3 Å². The topological polar surface area (TPSA) is 133 Å². The molecule has 1 aliphatic heterocycles. The normalized spacial score (nSPS) is 15.6. The van der Waals surface area contributed by atoms with E-state index in [4.69, 9.17) is 0 Å². The molecule has 0 bridgehead atoms. The zero-order chi connectivity index (χ0) is 26.7. The molecule has 0 saturated heterocycles. The number of allylic oxidation sites excluding steroid dienone is 1. The molecule has 36 heavy (non-hydrogen) atoms. The predicted molar refractivity (Wildman–Crippen MR) is 141 cm³/mol. The average Bonchev–Trinajstić information content (AvgIpc) is 2.86. The van der Waals surface area contributed by atoms with Crippen LogP contribution in [0.4, 0.5) is 17.1 Å². The zero-order valence-corrected chi connectivity index (χ0v) is 21.5. The van der Waals surface area contributed by atoms with Crippen LogP contribution in [0.5, 0.6) is 17.2 Å². The summed E-state index contributed by atoms with van der Waals surface area (Å²) < 4.78 is 0. The minimum atomic E-state index is -0.808. The zero-order valence-electron chi connectivity index (χ0n) is 21.5. The lowest BCUT2D eigenvalue weighted by Crippen LogP contribution is -2.30. The minimum Gasteiger partial charge on any atom is -0.508 e. The second-order valence-electron chi connectivity index (χ2n) is 10.7. The lowest BCUT2D eigenvalue weighted by molar-refractivity contribution is 0.0226. The van der Waals surface area contributed by atoms with Crippen LogP contribution in [0.15, 0.2) is 42.0 Å². The molecule has 8 heteroatoms. The first-order valence-corrected chi connectivity index (χ1v) is 12.3. The summed E-state index contributed by atoms with van der Waals surface area (Å²) >= 11 is 0. The van der Waals surface area contributed by atoms with Crippen LogP contribution < -0.4 is 10.2 Å². The van der Waals surface area contributed by atoms with E-state index >= 15 is 0 Å². The molecule has 1 atom stereocenters. The first kappa shape index (κ1) is 27.4. The molecule has 0 spiro atoms. The number of phenolic OH excluding ortho intramolecular Hbond substituents is 3. The molecule has 0 aromatic heterocycles. The number of rotatable bonds is 10. The molecule has 0 aliphatic carbocycles. The number of phenols is 3. The summed E-state index contributed by atoms with van der Waals surface area (Å²) in [6.07, 6.45) is 6.03. The van der Waals surface area contributed by atoms with Crippen LogP contribution in [0, 0.1) is 0 Å². The molecule has 0 fully saturated rings. The standard InChI is InChI=1S/C28H38N2O6/c1-18(8-6-13-28(4,36)14-7-12-27(2,3)35)11-15-30-21-16-19(31)17-23(33)25(21)29-24-20(26(30)34)9-5-10-22(24)32/h5,9-11,16-17,29,31-33,35-36H,6-8,12-15H2,1-4H3/b18-11+. The SMILES string of the molecule is C/C(=C\CN1C(=O)c2cccc(O)c2Nc2c(O)cc(O)cc21)CCCC(C)(O)CCCC(C)(C)O. The number of para-hydroxylation sites is 1. The average molecular weight is 499 g/mol. The van der Waals surface area contributed by atoms with Gasteiger partial charge in [-0.2, -0.15) is 0 Å². The molecular weight excluding hydrogens is 460 g/mol. The third-order valence-corrected chi connectivity index (χ3v) is 6.55. The molecule has 196 valence electrons. The Kier molecular flexibility index (Phi) is 8.21. The second-order valence-corrected chi connectivity index (χ2v) is 10.7. The lowest BCUT2D eigenvalue weighted by atomic mass is 9.89. The van der Waals surface area contributed by atoms with Crippen LogP contribution in [0.2, 0.25) is 0 Å². The number of amides is 1. The monoisotopic (exact) mass is 498 g/mol. The van der Waals surface area contributed by atoms with Crippen LogP contribution in [0.3, 0.4) is 0 Å². The molecule has 1 amide bonds. The van der Waals surface area contributed by atoms with Gasteiger partial charge in [0, 0.05) is 18.7 Å². The maximum absolute atomic E-state index is 13.4. The number of hydrogen-bond acceptors (Lipinski definition) is 7. The number of nitrogens with zero attached hydrogens (tertiary/aromatic N) is 1. The largest absolute Gasteiger partial charge is 0.508 e. The van der Waals surface area contributed by atoms with Crippen LogP contribution >= 0.6 is 0 Å². The smallest absolute Gasteiger partial charge is 0.260 e. The number of carbonyl (C=O) groups excluding carboxylic acids is 1. The van der Waals surface area contributed by atoms with Gasteiger partial charge in [0.15, 0.2) is 0 Å². The highest BCUT2D eigenvalue weighted by atomic mass is 16.3. The van der Waals surface area contributed by atoms with Crippen molar-refractivity contribution in [3.8, 4) is 17.2 Å². The third kappa shape index (κ3) is 6.92. The Morgan fingerprint density at radius 1 is 0.972 bits per heavy atom. The molecule has 0 saturated carbocycles. The number of fused-ring (bicyclic) bond motifs is 2. The van der Waals surface area contributed by atoms with Crippen LogP contribution in [0.25, 0.3) is 0 Å². The van der Waals surface area contributed by atoms with E-state index < -0.39 is 11.2 Å². The fourth-order valence-corrected chi connectivity index (χ4v) is 4.47. The van der Waals surface area contributed by atoms with Crippen molar-refractivity contribution in [2.75, 3.05) is 16.8 Å². The van der Waals surface area contributed by atoms with Gasteiger partial charge < -0.3 is 35.7 Å². The Labute approximate surface area is 212 Å². The van der Waals surface area contributed by atoms with Gasteiger partial charge in [0.1, 0.15) is 22.9 Å². The number of aromatic hydroxyl groups is 3. The van der Waals surface area contributed by atoms with Crippen LogP contribution in [-0.2, 0) is 0 Å². The minimum absolute atomic E-state index is 0.123. The Morgan fingerprint density at radius 2 is 1.67 bits per heavy atom. The van der Waals surface area contributed by atoms with E-state index in [-0.39, 0.29) is 46.6 Å². The summed E-state index contributed by atoms with van der Waals surface area (Å²) in [6.45, 7) is 7.51. The summed E-state index contributed by atoms with van der Waals surface area (Å²) in [4.78, 5) is 14.9. The van der Waals surface area contributed by atoms with Gasteiger partial charge >= 0.3 is 0 Å². The highest BCUT2D eigenvalue weighted by Crippen LogP contribution is 2.45. The highest BCUT2D eigenvalue weighted by Gasteiger charge is 2.30. The van der Waals surface area contributed by atoms with Crippen molar-refractivity contribution in [2.24, 2.45) is 0 Å². The van der Waals surface area contributed by atoms with Crippen molar-refractivity contribution in [3.05, 3.63) is 47.5 Å². The van der Waals surface area contributed by atoms with E-state index in [1.807, 2.05) is 19.9 Å². The van der Waals surface area contributed by atoms with E-state index in [0.717, 1.165) is 24.8 Å². The first-order valence-electron chi connectivity index (χ1n) is 12.3. The van der Waals surface area contributed by atoms with Crippen molar-refractivity contribution < 1.29 is 30.3 Å². The first-order chi connectivity index (χ1) is 16.8. The summed E-state index contributed by atoms with van der Waals surface area (Å²) in [6, 6.07) is 7.20. The maximum atomic E-state index is 13.4. The fraction of sp³-hybridized carbons (Fsp3) is 0.464. The Bertz CT molecular complexity index is 1130. The Morgan fingerprint density at radius 3 is 2.36 bits per heavy atom. The Balaban J connectivity index is 1.72. The summed E-state index contributed by atoms with van der Waals surface area (Å²) in [7, 11) is 0. The van der Waals surface area contributed by atoms with Gasteiger partial charge in [-0.25, -0.2) is 0 Å². The van der Waals surface area contributed by atoms with Crippen LogP contribution in [0.1, 0.15) is 76.6 Å². The number of benzene rings is 2. The highest BCUT2D eigenvalue weighted by molar-refractivity contribution is 6.15. The molecule has 1 heterocycles. The predicted octanol–water partition coefficient (Wildman–Crippen LogP) is 5.32. The molecule has 6 N–H and O–H groups in total. The van der Waals surface area contributed by atoms with E-state index in [0.29, 0.717) is 24.9 Å². The van der Waals surface area contributed by atoms with Crippen molar-refractivity contribution in [2.45, 2.75) is 77.4 Å². The number of hydrogen-bond donors (Lipinski definition) is 6. The van der Waals surface area contributed by atoms with Crippen molar-refractivity contribution in [1.29, 1.82) is 0 Å².